The van der Waals surface area contributed by atoms with Crippen LogP contribution in [-0.2, 0) is 6.42 Å². The van der Waals surface area contributed by atoms with E-state index < -0.39 is 0 Å². The maximum atomic E-state index is 12.0. The van der Waals surface area contributed by atoms with Crippen LogP contribution in [0.5, 0.6) is 0 Å². The summed E-state index contributed by atoms with van der Waals surface area (Å²) < 4.78 is 0.702. The van der Waals surface area contributed by atoms with Gasteiger partial charge in [0, 0.05) is 21.7 Å². The van der Waals surface area contributed by atoms with Crippen molar-refractivity contribution in [3.8, 4) is 0 Å². The summed E-state index contributed by atoms with van der Waals surface area (Å²) in [5, 5.41) is 10.4. The van der Waals surface area contributed by atoms with Crippen molar-refractivity contribution in [1.29, 1.82) is 0 Å². The molecule has 0 saturated carbocycles. The maximum Gasteiger partial charge on any atom is 0.252 e. The smallest absolute Gasteiger partial charge is 0.252 e. The van der Waals surface area contributed by atoms with Gasteiger partial charge in [0.1, 0.15) is 0 Å². The molecule has 2 N–H and O–H groups in total. The van der Waals surface area contributed by atoms with Crippen molar-refractivity contribution in [2.75, 3.05) is 6.54 Å². The second-order valence-electron chi connectivity index (χ2n) is 4.50. The van der Waals surface area contributed by atoms with Gasteiger partial charge >= 0.3 is 0 Å². The minimum atomic E-state index is -0.0996. The number of carbonyl (C=O) groups is 1. The number of aromatic nitrogens is 2. The van der Waals surface area contributed by atoms with Crippen molar-refractivity contribution in [2.45, 2.75) is 19.8 Å². The summed E-state index contributed by atoms with van der Waals surface area (Å²) in [5.41, 5.74) is 2.86. The molecule has 1 aromatic heterocycles. The van der Waals surface area contributed by atoms with E-state index >= 15 is 0 Å². The van der Waals surface area contributed by atoms with E-state index in [-0.39, 0.29) is 5.91 Å². The van der Waals surface area contributed by atoms with Crippen LogP contribution in [0.15, 0.2) is 28.9 Å². The fourth-order valence-corrected chi connectivity index (χ4v) is 2.74. The zero-order valence-electron chi connectivity index (χ0n) is 11.0. The van der Waals surface area contributed by atoms with Crippen LogP contribution in [0.4, 0.5) is 0 Å². The molecule has 0 saturated heterocycles. The molecule has 0 bridgehead atoms. The van der Waals surface area contributed by atoms with Gasteiger partial charge in [-0.25, -0.2) is 0 Å². The van der Waals surface area contributed by atoms with E-state index in [4.69, 9.17) is 11.6 Å². The Bertz CT molecular complexity index is 612. The molecule has 1 aromatic carbocycles. The average molecular weight is 357 g/mol. The zero-order chi connectivity index (χ0) is 14.5. The Morgan fingerprint density at radius 2 is 2.30 bits per heavy atom. The van der Waals surface area contributed by atoms with E-state index in [1.807, 2.05) is 13.1 Å². The Kier molecular flexibility index (Phi) is 5.20. The first kappa shape index (κ1) is 15.1. The third-order valence-electron chi connectivity index (χ3n) is 3.02. The van der Waals surface area contributed by atoms with Gasteiger partial charge in [0.25, 0.3) is 5.91 Å². The molecule has 0 atom stereocenters. The zero-order valence-corrected chi connectivity index (χ0v) is 13.4. The standard InChI is InChI=1S/C14H15BrClN3O/c1-9-10(8-18-19-9)3-2-6-17-14(20)12-5-4-11(16)7-13(12)15/h4-5,7-8H,2-3,6H2,1H3,(H,17,20)(H,18,19). The minimum absolute atomic E-state index is 0.0996. The van der Waals surface area contributed by atoms with Crippen molar-refractivity contribution >= 4 is 33.4 Å². The molecule has 1 amide bonds. The number of hydrogen-bond acceptors (Lipinski definition) is 2. The third kappa shape index (κ3) is 3.84. The molecular weight excluding hydrogens is 342 g/mol. The number of benzene rings is 1. The third-order valence-corrected chi connectivity index (χ3v) is 3.91. The Morgan fingerprint density at radius 1 is 1.50 bits per heavy atom. The lowest BCUT2D eigenvalue weighted by atomic mass is 10.1. The average Bonchev–Trinajstić information content (AvgIpc) is 2.80. The van der Waals surface area contributed by atoms with E-state index in [1.165, 1.54) is 5.56 Å². The molecule has 0 aliphatic heterocycles. The molecule has 0 aliphatic rings. The monoisotopic (exact) mass is 355 g/mol. The number of aromatic amines is 1. The van der Waals surface area contributed by atoms with E-state index in [2.05, 4.69) is 31.4 Å². The van der Waals surface area contributed by atoms with Crippen LogP contribution in [-0.4, -0.2) is 22.6 Å². The summed E-state index contributed by atoms with van der Waals surface area (Å²) in [6, 6.07) is 5.13. The van der Waals surface area contributed by atoms with Gasteiger partial charge < -0.3 is 5.32 Å². The van der Waals surface area contributed by atoms with Crippen LogP contribution in [0.3, 0.4) is 0 Å². The van der Waals surface area contributed by atoms with E-state index in [9.17, 15) is 4.79 Å². The fraction of sp³-hybridized carbons (Fsp3) is 0.286. The molecule has 6 heteroatoms. The SMILES string of the molecule is Cc1[nH]ncc1CCCNC(=O)c1ccc(Cl)cc1Br. The Labute approximate surface area is 131 Å². The second kappa shape index (κ2) is 6.90. The highest BCUT2D eigenvalue weighted by Gasteiger charge is 2.09. The van der Waals surface area contributed by atoms with Crippen LogP contribution in [0, 0.1) is 6.92 Å². The molecule has 4 nitrogen and oxygen atoms in total. The predicted molar refractivity (Wildman–Crippen MR) is 83.1 cm³/mol. The number of nitrogens with zero attached hydrogens (tertiary/aromatic N) is 1. The van der Waals surface area contributed by atoms with Crippen molar-refractivity contribution < 1.29 is 4.79 Å². The number of rotatable bonds is 5. The lowest BCUT2D eigenvalue weighted by Gasteiger charge is -2.07. The Balaban J connectivity index is 1.82. The number of nitrogens with one attached hydrogen (secondary N) is 2. The number of aryl methyl sites for hydroxylation is 2. The molecular formula is C14H15BrClN3O. The highest BCUT2D eigenvalue weighted by atomic mass is 79.9. The normalized spacial score (nSPS) is 10.6. The fourth-order valence-electron chi connectivity index (χ4n) is 1.88. The van der Waals surface area contributed by atoms with Gasteiger partial charge in [-0.3, -0.25) is 9.89 Å². The van der Waals surface area contributed by atoms with E-state index in [1.54, 1.807) is 18.2 Å². The Morgan fingerprint density at radius 3 is 2.95 bits per heavy atom. The number of amides is 1. The lowest BCUT2D eigenvalue weighted by Crippen LogP contribution is -2.25. The molecule has 2 rings (SSSR count). The van der Waals surface area contributed by atoms with Crippen LogP contribution >= 0.6 is 27.5 Å². The van der Waals surface area contributed by atoms with Crippen LogP contribution in [0.25, 0.3) is 0 Å². The molecule has 1 heterocycles. The first-order valence-electron chi connectivity index (χ1n) is 6.30. The number of carbonyl (C=O) groups excluding carboxylic acids is 1. The topological polar surface area (TPSA) is 57.8 Å². The number of halogens is 2. The van der Waals surface area contributed by atoms with Crippen molar-refractivity contribution in [3.63, 3.8) is 0 Å². The quantitative estimate of drug-likeness (QED) is 0.806. The molecule has 0 aliphatic carbocycles. The van der Waals surface area contributed by atoms with Gasteiger partial charge in [-0.05, 0) is 59.5 Å². The largest absolute Gasteiger partial charge is 0.352 e. The summed E-state index contributed by atoms with van der Waals surface area (Å²) in [7, 11) is 0. The first-order chi connectivity index (χ1) is 9.58. The Hall–Kier alpha value is -1.33. The first-order valence-corrected chi connectivity index (χ1v) is 7.47. The molecule has 0 fully saturated rings. The van der Waals surface area contributed by atoms with Gasteiger partial charge in [-0.15, -0.1) is 0 Å². The second-order valence-corrected chi connectivity index (χ2v) is 5.79. The molecule has 0 unspecified atom stereocenters. The van der Waals surface area contributed by atoms with Gasteiger partial charge in [0.15, 0.2) is 0 Å². The lowest BCUT2D eigenvalue weighted by molar-refractivity contribution is 0.0952. The molecule has 0 spiro atoms. The van der Waals surface area contributed by atoms with Crippen LogP contribution < -0.4 is 5.32 Å². The highest BCUT2D eigenvalue weighted by Crippen LogP contribution is 2.21. The summed E-state index contributed by atoms with van der Waals surface area (Å²) in [4.78, 5) is 12.0. The number of hydrogen-bond donors (Lipinski definition) is 2. The van der Waals surface area contributed by atoms with Crippen LogP contribution in [0.2, 0.25) is 5.02 Å². The molecule has 106 valence electrons. The van der Waals surface area contributed by atoms with E-state index in [0.717, 1.165) is 18.5 Å². The molecule has 20 heavy (non-hydrogen) atoms. The van der Waals surface area contributed by atoms with Gasteiger partial charge in [-0.2, -0.15) is 5.10 Å². The minimum Gasteiger partial charge on any atom is -0.352 e. The summed E-state index contributed by atoms with van der Waals surface area (Å²) >= 11 is 9.19. The van der Waals surface area contributed by atoms with Gasteiger partial charge in [-0.1, -0.05) is 11.6 Å². The maximum absolute atomic E-state index is 12.0. The summed E-state index contributed by atoms with van der Waals surface area (Å²) in [6.45, 7) is 2.62. The van der Waals surface area contributed by atoms with Crippen molar-refractivity contribution in [1.82, 2.24) is 15.5 Å². The van der Waals surface area contributed by atoms with Crippen molar-refractivity contribution in [3.05, 3.63) is 50.7 Å². The molecule has 0 radical (unpaired) electrons. The van der Waals surface area contributed by atoms with Crippen LogP contribution in [0.1, 0.15) is 28.0 Å². The number of H-pyrrole nitrogens is 1. The molecule has 2 aromatic rings. The van der Waals surface area contributed by atoms with E-state index in [0.29, 0.717) is 21.6 Å². The summed E-state index contributed by atoms with van der Waals surface area (Å²) in [5.74, 6) is -0.0996. The highest BCUT2D eigenvalue weighted by molar-refractivity contribution is 9.10. The van der Waals surface area contributed by atoms with Gasteiger partial charge in [0.05, 0.1) is 11.8 Å². The van der Waals surface area contributed by atoms with Gasteiger partial charge in [0.2, 0.25) is 0 Å². The summed E-state index contributed by atoms with van der Waals surface area (Å²) in [6.07, 6.45) is 3.59. The predicted octanol–water partition coefficient (Wildman–Crippen LogP) is 3.50. The van der Waals surface area contributed by atoms with Crippen molar-refractivity contribution in [2.24, 2.45) is 0 Å².